The zero-order chi connectivity index (χ0) is 13.0. The summed E-state index contributed by atoms with van der Waals surface area (Å²) in [5.41, 5.74) is 0. The smallest absolute Gasteiger partial charge is 0.118 e. The van der Waals surface area contributed by atoms with Gasteiger partial charge in [0.05, 0.1) is 13.1 Å². The molecule has 1 saturated heterocycles. The van der Waals surface area contributed by atoms with Crippen LogP contribution in [0.3, 0.4) is 0 Å². The van der Waals surface area contributed by atoms with Crippen LogP contribution in [0.2, 0.25) is 0 Å². The highest BCUT2D eigenvalue weighted by Crippen LogP contribution is 2.24. The molecule has 0 amide bonds. The van der Waals surface area contributed by atoms with Crippen LogP contribution in [0.5, 0.6) is 0 Å². The molecule has 102 valence electrons. The molecule has 1 aromatic rings. The Morgan fingerprint density at radius 2 is 2.06 bits per heavy atom. The van der Waals surface area contributed by atoms with E-state index in [1.54, 1.807) is 0 Å². The maximum Gasteiger partial charge on any atom is 0.118 e. The Balaban J connectivity index is 1.84. The molecule has 0 aromatic carbocycles. The van der Waals surface area contributed by atoms with Crippen LogP contribution in [0.25, 0.3) is 0 Å². The lowest BCUT2D eigenvalue weighted by molar-refractivity contribution is 0.124. The third-order valence-electron chi connectivity index (χ3n) is 4.06. The molecule has 3 nitrogen and oxygen atoms in total. The largest absolute Gasteiger partial charge is 0.463 e. The fourth-order valence-electron chi connectivity index (χ4n) is 2.56. The lowest BCUT2D eigenvalue weighted by Crippen LogP contribution is -2.37. The zero-order valence-electron chi connectivity index (χ0n) is 11.9. The number of hydrogen-bond donors (Lipinski definition) is 1. The van der Waals surface area contributed by atoms with Crippen LogP contribution in [0.15, 0.2) is 16.5 Å². The number of rotatable bonds is 5. The summed E-state index contributed by atoms with van der Waals surface area (Å²) >= 11 is 0. The van der Waals surface area contributed by atoms with Gasteiger partial charge in [0.15, 0.2) is 0 Å². The Morgan fingerprint density at radius 1 is 1.28 bits per heavy atom. The van der Waals surface area contributed by atoms with E-state index in [-0.39, 0.29) is 0 Å². The minimum atomic E-state index is 0.801. The summed E-state index contributed by atoms with van der Waals surface area (Å²) in [6.07, 6.45) is 1.31. The maximum absolute atomic E-state index is 5.85. The van der Waals surface area contributed by atoms with E-state index in [1.165, 1.54) is 19.5 Å². The molecule has 1 aliphatic rings. The summed E-state index contributed by atoms with van der Waals surface area (Å²) in [6.45, 7) is 12.0. The highest BCUT2D eigenvalue weighted by molar-refractivity contribution is 5.07. The molecule has 18 heavy (non-hydrogen) atoms. The van der Waals surface area contributed by atoms with Crippen LogP contribution in [-0.4, -0.2) is 24.5 Å². The monoisotopic (exact) mass is 250 g/mol. The third-order valence-corrected chi connectivity index (χ3v) is 4.06. The molecular formula is C15H26N2O. The highest BCUT2D eigenvalue weighted by Gasteiger charge is 2.23. The van der Waals surface area contributed by atoms with Crippen molar-refractivity contribution >= 4 is 0 Å². The average Bonchev–Trinajstić information content (AvgIpc) is 2.79. The van der Waals surface area contributed by atoms with Gasteiger partial charge in [-0.2, -0.15) is 0 Å². The van der Waals surface area contributed by atoms with Crippen molar-refractivity contribution in [3.05, 3.63) is 23.7 Å². The maximum atomic E-state index is 5.85. The van der Waals surface area contributed by atoms with E-state index in [0.29, 0.717) is 0 Å². The number of furan rings is 1. The van der Waals surface area contributed by atoms with Gasteiger partial charge in [-0.05, 0) is 43.5 Å². The number of nitrogens with one attached hydrogen (secondary N) is 1. The standard InChI is InChI=1S/C15H26N2O/c1-4-16-9-14-5-6-15(18-14)11-17-8-7-12(2)13(3)10-17/h5-6,12-13,16H,4,7-11H2,1-3H3. The van der Waals surface area contributed by atoms with Gasteiger partial charge in [-0.25, -0.2) is 0 Å². The molecule has 0 aliphatic carbocycles. The summed E-state index contributed by atoms with van der Waals surface area (Å²) < 4.78 is 5.85. The van der Waals surface area contributed by atoms with Gasteiger partial charge in [-0.1, -0.05) is 20.8 Å². The fourth-order valence-corrected chi connectivity index (χ4v) is 2.56. The van der Waals surface area contributed by atoms with Gasteiger partial charge in [0.1, 0.15) is 11.5 Å². The summed E-state index contributed by atoms with van der Waals surface area (Å²) in [5, 5.41) is 3.29. The van der Waals surface area contributed by atoms with E-state index in [0.717, 1.165) is 43.0 Å². The Labute approximate surface area is 111 Å². The topological polar surface area (TPSA) is 28.4 Å². The molecule has 1 N–H and O–H groups in total. The van der Waals surface area contributed by atoms with E-state index in [2.05, 4.69) is 43.1 Å². The van der Waals surface area contributed by atoms with Crippen LogP contribution in [-0.2, 0) is 13.1 Å². The van der Waals surface area contributed by atoms with E-state index in [4.69, 9.17) is 4.42 Å². The van der Waals surface area contributed by atoms with Gasteiger partial charge in [0.2, 0.25) is 0 Å². The molecule has 2 rings (SSSR count). The van der Waals surface area contributed by atoms with Gasteiger partial charge in [-0.3, -0.25) is 4.90 Å². The van der Waals surface area contributed by atoms with Crippen LogP contribution in [0, 0.1) is 11.8 Å². The molecule has 0 bridgehead atoms. The average molecular weight is 250 g/mol. The molecule has 2 atom stereocenters. The first-order chi connectivity index (χ1) is 8.69. The molecule has 1 aromatic heterocycles. The second-order valence-electron chi connectivity index (χ2n) is 5.63. The zero-order valence-corrected chi connectivity index (χ0v) is 11.9. The van der Waals surface area contributed by atoms with Crippen molar-refractivity contribution in [2.24, 2.45) is 11.8 Å². The van der Waals surface area contributed by atoms with Crippen molar-refractivity contribution in [2.45, 2.75) is 40.3 Å². The Morgan fingerprint density at radius 3 is 2.78 bits per heavy atom. The van der Waals surface area contributed by atoms with Crippen molar-refractivity contribution < 1.29 is 4.42 Å². The normalized spacial score (nSPS) is 25.5. The second kappa shape index (κ2) is 6.39. The van der Waals surface area contributed by atoms with Crippen molar-refractivity contribution in [1.82, 2.24) is 10.2 Å². The third kappa shape index (κ3) is 3.59. The van der Waals surface area contributed by atoms with Crippen molar-refractivity contribution in [2.75, 3.05) is 19.6 Å². The SMILES string of the molecule is CCNCc1ccc(CN2CCC(C)C(C)C2)o1. The molecule has 2 unspecified atom stereocenters. The van der Waals surface area contributed by atoms with Crippen molar-refractivity contribution in [1.29, 1.82) is 0 Å². The number of piperidine rings is 1. The molecule has 1 fully saturated rings. The van der Waals surface area contributed by atoms with Gasteiger partial charge in [0.25, 0.3) is 0 Å². The van der Waals surface area contributed by atoms with Gasteiger partial charge in [0, 0.05) is 6.54 Å². The van der Waals surface area contributed by atoms with Crippen LogP contribution in [0.4, 0.5) is 0 Å². The van der Waals surface area contributed by atoms with Crippen LogP contribution >= 0.6 is 0 Å². The van der Waals surface area contributed by atoms with E-state index in [9.17, 15) is 0 Å². The lowest BCUT2D eigenvalue weighted by atomic mass is 9.89. The summed E-state index contributed by atoms with van der Waals surface area (Å²) in [5.74, 6) is 3.81. The van der Waals surface area contributed by atoms with Gasteiger partial charge >= 0.3 is 0 Å². The summed E-state index contributed by atoms with van der Waals surface area (Å²) in [4.78, 5) is 2.51. The quantitative estimate of drug-likeness (QED) is 0.871. The predicted octanol–water partition coefficient (Wildman–Crippen LogP) is 2.87. The van der Waals surface area contributed by atoms with Gasteiger partial charge < -0.3 is 9.73 Å². The number of likely N-dealkylation sites (tertiary alicyclic amines) is 1. The number of hydrogen-bond acceptors (Lipinski definition) is 3. The number of nitrogens with zero attached hydrogens (tertiary/aromatic N) is 1. The predicted molar refractivity (Wildman–Crippen MR) is 74.3 cm³/mol. The van der Waals surface area contributed by atoms with E-state index >= 15 is 0 Å². The molecule has 3 heteroatoms. The Bertz CT molecular complexity index is 361. The molecule has 0 saturated carbocycles. The van der Waals surface area contributed by atoms with Crippen molar-refractivity contribution in [3.8, 4) is 0 Å². The first kappa shape index (κ1) is 13.6. The molecule has 1 aliphatic heterocycles. The molecule has 2 heterocycles. The van der Waals surface area contributed by atoms with Crippen molar-refractivity contribution in [3.63, 3.8) is 0 Å². The minimum absolute atomic E-state index is 0.801. The molecular weight excluding hydrogens is 224 g/mol. The van der Waals surface area contributed by atoms with Crippen LogP contribution in [0.1, 0.15) is 38.7 Å². The minimum Gasteiger partial charge on any atom is -0.463 e. The first-order valence-corrected chi connectivity index (χ1v) is 7.19. The highest BCUT2D eigenvalue weighted by atomic mass is 16.3. The summed E-state index contributed by atoms with van der Waals surface area (Å²) in [7, 11) is 0. The Kier molecular flexibility index (Phi) is 4.84. The first-order valence-electron chi connectivity index (χ1n) is 7.19. The molecule has 0 radical (unpaired) electrons. The fraction of sp³-hybridized carbons (Fsp3) is 0.733. The van der Waals surface area contributed by atoms with Gasteiger partial charge in [-0.15, -0.1) is 0 Å². The molecule has 0 spiro atoms. The second-order valence-corrected chi connectivity index (χ2v) is 5.63. The Hall–Kier alpha value is -0.800. The lowest BCUT2D eigenvalue weighted by Gasteiger charge is -2.34. The summed E-state index contributed by atoms with van der Waals surface area (Å²) in [6, 6.07) is 4.21. The van der Waals surface area contributed by atoms with E-state index < -0.39 is 0 Å². The van der Waals surface area contributed by atoms with E-state index in [1.807, 2.05) is 0 Å². The van der Waals surface area contributed by atoms with Crippen LogP contribution < -0.4 is 5.32 Å².